The van der Waals surface area contributed by atoms with Gasteiger partial charge in [-0.25, -0.2) is 15.2 Å². The third-order valence-electron chi connectivity index (χ3n) is 2.88. The first kappa shape index (κ1) is 15.5. The summed E-state index contributed by atoms with van der Waals surface area (Å²) in [6.45, 7) is 1.26. The van der Waals surface area contributed by atoms with Crippen molar-refractivity contribution in [2.45, 2.75) is 13.3 Å². The van der Waals surface area contributed by atoms with Crippen LogP contribution in [0.1, 0.15) is 17.3 Å². The third kappa shape index (κ3) is 3.23. The summed E-state index contributed by atoms with van der Waals surface area (Å²) < 4.78 is 17.9. The zero-order chi connectivity index (χ0) is 16.3. The topological polar surface area (TPSA) is 114 Å². The van der Waals surface area contributed by atoms with Crippen LogP contribution in [-0.2, 0) is 4.79 Å². The maximum Gasteiger partial charge on any atom is 0.252 e. The van der Waals surface area contributed by atoms with Gasteiger partial charge in [0, 0.05) is 18.2 Å². The van der Waals surface area contributed by atoms with Crippen molar-refractivity contribution < 1.29 is 18.7 Å². The molecule has 0 bridgehead atoms. The third-order valence-corrected chi connectivity index (χ3v) is 2.88. The number of nitrogens with one attached hydrogen (secondary N) is 1. The number of halogens is 1. The summed E-state index contributed by atoms with van der Waals surface area (Å²) >= 11 is 0. The molecule has 1 heterocycles. The lowest BCUT2D eigenvalue weighted by molar-refractivity contribution is -0.107. The number of nitrogens with two attached hydrogens (primary N) is 2. The van der Waals surface area contributed by atoms with Gasteiger partial charge in [-0.3, -0.25) is 9.59 Å². The Morgan fingerprint density at radius 1 is 1.45 bits per heavy atom. The number of hydrazine groups is 1. The molecule has 5 N–H and O–H groups in total. The van der Waals surface area contributed by atoms with Gasteiger partial charge in [-0.2, -0.15) is 0 Å². The second-order valence-electron chi connectivity index (χ2n) is 4.51. The highest BCUT2D eigenvalue weighted by Crippen LogP contribution is 2.28. The molecular formula is C14H15FN4O3. The average molecular weight is 306 g/mol. The van der Waals surface area contributed by atoms with Gasteiger partial charge in [-0.05, 0) is 18.2 Å². The summed E-state index contributed by atoms with van der Waals surface area (Å²) in [5, 5.41) is 0.716. The second kappa shape index (κ2) is 6.27. The number of H-pyrrole nitrogens is 1. The van der Waals surface area contributed by atoms with E-state index >= 15 is 0 Å². The van der Waals surface area contributed by atoms with Gasteiger partial charge in [0.1, 0.15) is 11.6 Å². The largest absolute Gasteiger partial charge is 0.461 e. The van der Waals surface area contributed by atoms with Gasteiger partial charge in [0.25, 0.3) is 5.91 Å². The predicted molar refractivity (Wildman–Crippen MR) is 78.7 cm³/mol. The number of aromatic nitrogens is 1. The van der Waals surface area contributed by atoms with Gasteiger partial charge in [0.2, 0.25) is 12.8 Å². The van der Waals surface area contributed by atoms with Crippen molar-refractivity contribution in [2.75, 3.05) is 5.01 Å². The Kier molecular flexibility index (Phi) is 4.42. The Hall–Kier alpha value is -2.87. The standard InChI is InChI=1S/C14H15FN4O3/c1-8(15)22-10-4-2-3-9(5-10)12-6-11(13(16)21)14(18-12)19(17)7-20/h2-8,18H,17H2,1H3,(H2,16,21). The summed E-state index contributed by atoms with van der Waals surface area (Å²) in [5.74, 6) is 5.13. The fourth-order valence-electron chi connectivity index (χ4n) is 1.97. The SMILES string of the molecule is CC(F)Oc1cccc(-c2cc(C(N)=O)c(N(N)C=O)[nH]2)c1. The molecule has 0 fully saturated rings. The monoisotopic (exact) mass is 306 g/mol. The van der Waals surface area contributed by atoms with Gasteiger partial charge in [0.05, 0.1) is 5.56 Å². The second-order valence-corrected chi connectivity index (χ2v) is 4.51. The van der Waals surface area contributed by atoms with Gasteiger partial charge in [-0.15, -0.1) is 0 Å². The number of carbonyl (C=O) groups excluding carboxylic acids is 2. The molecule has 1 unspecified atom stereocenters. The van der Waals surface area contributed by atoms with E-state index in [2.05, 4.69) is 4.98 Å². The molecule has 7 nitrogen and oxygen atoms in total. The van der Waals surface area contributed by atoms with Crippen molar-refractivity contribution in [2.24, 2.45) is 11.6 Å². The number of anilines is 1. The van der Waals surface area contributed by atoms with E-state index in [9.17, 15) is 14.0 Å². The van der Waals surface area contributed by atoms with E-state index in [4.69, 9.17) is 16.3 Å². The lowest BCUT2D eigenvalue weighted by Crippen LogP contribution is -2.31. The highest BCUT2D eigenvalue weighted by atomic mass is 19.1. The minimum Gasteiger partial charge on any atom is -0.461 e. The molecule has 2 amide bonds. The van der Waals surface area contributed by atoms with E-state index in [1.165, 1.54) is 13.0 Å². The number of ether oxygens (including phenoxy) is 1. The number of rotatable bonds is 6. The maximum atomic E-state index is 12.9. The van der Waals surface area contributed by atoms with Crippen LogP contribution in [0.5, 0.6) is 5.75 Å². The first-order chi connectivity index (χ1) is 10.4. The van der Waals surface area contributed by atoms with Gasteiger partial charge in [0.15, 0.2) is 0 Å². The highest BCUT2D eigenvalue weighted by Gasteiger charge is 2.17. The number of carbonyl (C=O) groups is 2. The average Bonchev–Trinajstić information content (AvgIpc) is 2.91. The molecule has 1 aromatic heterocycles. The number of amides is 2. The normalized spacial score (nSPS) is 11.8. The molecule has 1 atom stereocenters. The van der Waals surface area contributed by atoms with E-state index in [-0.39, 0.29) is 11.4 Å². The number of aromatic amines is 1. The van der Waals surface area contributed by atoms with Gasteiger partial charge < -0.3 is 15.5 Å². The van der Waals surface area contributed by atoms with Crippen LogP contribution in [0.3, 0.4) is 0 Å². The lowest BCUT2D eigenvalue weighted by Gasteiger charge is -2.09. The number of primary amides is 1. The quantitative estimate of drug-likeness (QED) is 0.323. The van der Waals surface area contributed by atoms with E-state index in [1.54, 1.807) is 24.3 Å². The molecule has 2 rings (SSSR count). The summed E-state index contributed by atoms with van der Waals surface area (Å²) in [5.41, 5.74) is 6.43. The highest BCUT2D eigenvalue weighted by molar-refractivity contribution is 6.01. The van der Waals surface area contributed by atoms with Crippen LogP contribution in [0.25, 0.3) is 11.3 Å². The fourth-order valence-corrected chi connectivity index (χ4v) is 1.97. The number of alkyl halides is 1. The number of hydrogen-bond donors (Lipinski definition) is 3. The summed E-state index contributed by atoms with van der Waals surface area (Å²) in [6.07, 6.45) is -1.11. The van der Waals surface area contributed by atoms with Crippen LogP contribution in [-0.4, -0.2) is 23.7 Å². The number of nitrogens with zero attached hydrogens (tertiary/aromatic N) is 1. The molecule has 1 aromatic carbocycles. The van der Waals surface area contributed by atoms with Crippen molar-refractivity contribution in [3.8, 4) is 17.0 Å². The Morgan fingerprint density at radius 3 is 2.77 bits per heavy atom. The Morgan fingerprint density at radius 2 is 2.18 bits per heavy atom. The number of benzene rings is 1. The molecular weight excluding hydrogens is 291 g/mol. The predicted octanol–water partition coefficient (Wildman–Crippen LogP) is 1.31. The molecule has 0 aliphatic carbocycles. The Labute approximate surface area is 125 Å². The zero-order valence-corrected chi connectivity index (χ0v) is 11.7. The Bertz CT molecular complexity index is 699. The molecule has 0 spiro atoms. The van der Waals surface area contributed by atoms with Crippen LogP contribution in [0.15, 0.2) is 30.3 Å². The van der Waals surface area contributed by atoms with E-state index < -0.39 is 12.3 Å². The van der Waals surface area contributed by atoms with Gasteiger partial charge >= 0.3 is 0 Å². The first-order valence-corrected chi connectivity index (χ1v) is 6.35. The molecule has 8 heteroatoms. The van der Waals surface area contributed by atoms with Crippen molar-refractivity contribution in [3.63, 3.8) is 0 Å². The first-order valence-electron chi connectivity index (χ1n) is 6.35. The van der Waals surface area contributed by atoms with Crippen LogP contribution in [0, 0.1) is 0 Å². The fraction of sp³-hybridized carbons (Fsp3) is 0.143. The maximum absolute atomic E-state index is 12.9. The van der Waals surface area contributed by atoms with Crippen molar-refractivity contribution in [3.05, 3.63) is 35.9 Å². The zero-order valence-electron chi connectivity index (χ0n) is 11.7. The van der Waals surface area contributed by atoms with Crippen molar-refractivity contribution >= 4 is 18.1 Å². The smallest absolute Gasteiger partial charge is 0.252 e. The minimum absolute atomic E-state index is 0.0646. The summed E-state index contributed by atoms with van der Waals surface area (Å²) in [6, 6.07) is 8.02. The molecule has 116 valence electrons. The molecule has 2 aromatic rings. The Balaban J connectivity index is 2.44. The molecule has 22 heavy (non-hydrogen) atoms. The summed E-state index contributed by atoms with van der Waals surface area (Å²) in [4.78, 5) is 25.0. The number of hydrogen-bond acceptors (Lipinski definition) is 4. The van der Waals surface area contributed by atoms with Crippen LogP contribution in [0.4, 0.5) is 10.2 Å². The van der Waals surface area contributed by atoms with Crippen molar-refractivity contribution in [1.29, 1.82) is 0 Å². The molecule has 0 saturated heterocycles. The molecule has 0 aliphatic heterocycles. The van der Waals surface area contributed by atoms with Crippen LogP contribution < -0.4 is 21.3 Å². The minimum atomic E-state index is -1.45. The van der Waals surface area contributed by atoms with Crippen LogP contribution >= 0.6 is 0 Å². The lowest BCUT2D eigenvalue weighted by atomic mass is 10.1. The van der Waals surface area contributed by atoms with E-state index in [0.29, 0.717) is 28.4 Å². The van der Waals surface area contributed by atoms with E-state index in [0.717, 1.165) is 0 Å². The van der Waals surface area contributed by atoms with Crippen LogP contribution in [0.2, 0.25) is 0 Å². The summed E-state index contributed by atoms with van der Waals surface area (Å²) in [7, 11) is 0. The van der Waals surface area contributed by atoms with Gasteiger partial charge in [-0.1, -0.05) is 12.1 Å². The van der Waals surface area contributed by atoms with Crippen molar-refractivity contribution in [1.82, 2.24) is 4.98 Å². The molecule has 0 aliphatic rings. The molecule has 0 radical (unpaired) electrons. The van der Waals surface area contributed by atoms with E-state index in [1.807, 2.05) is 0 Å². The molecule has 0 saturated carbocycles.